The third-order valence-electron chi connectivity index (χ3n) is 2.14. The van der Waals surface area contributed by atoms with Gasteiger partial charge in [0.25, 0.3) is 0 Å². The first kappa shape index (κ1) is 14.4. The van der Waals surface area contributed by atoms with Gasteiger partial charge >= 0.3 is 0 Å². The maximum atomic E-state index is 9.11. The van der Waals surface area contributed by atoms with Gasteiger partial charge < -0.3 is 5.11 Å². The maximum absolute atomic E-state index is 9.11. The molecule has 0 aliphatic carbocycles. The largest absolute Gasteiger partial charge is 0.508 e. The summed E-state index contributed by atoms with van der Waals surface area (Å²) in [5.41, 5.74) is 4.66. The molecule has 0 saturated carbocycles. The Kier molecular flexibility index (Phi) is 5.49. The molecule has 5 heteroatoms. The van der Waals surface area contributed by atoms with Gasteiger partial charge in [0.1, 0.15) is 5.75 Å². The second kappa shape index (κ2) is 6.89. The minimum Gasteiger partial charge on any atom is -0.508 e. The number of nitrogens with zero attached hydrogens (tertiary/aromatic N) is 1. The van der Waals surface area contributed by atoms with Crippen LogP contribution < -0.4 is 5.43 Å². The summed E-state index contributed by atoms with van der Waals surface area (Å²) >= 11 is 5.77. The molecule has 2 rings (SSSR count). The Bertz CT molecular complexity index is 510. The summed E-state index contributed by atoms with van der Waals surface area (Å²) in [6, 6.07) is 14.1. The van der Waals surface area contributed by atoms with E-state index in [2.05, 4.69) is 10.5 Å². The molecular weight excluding hydrogens is 271 g/mol. The number of hydrogen-bond donors (Lipinski definition) is 2. The van der Waals surface area contributed by atoms with Gasteiger partial charge in [-0.05, 0) is 54.1 Å². The highest BCUT2D eigenvalue weighted by Crippen LogP contribution is 2.13. The predicted octanol–water partition coefficient (Wildman–Crippen LogP) is 3.91. The van der Waals surface area contributed by atoms with E-state index in [4.69, 9.17) is 16.7 Å². The minimum absolute atomic E-state index is 0. The number of hydrogen-bond acceptors (Lipinski definition) is 3. The zero-order valence-corrected chi connectivity index (χ0v) is 10.9. The summed E-state index contributed by atoms with van der Waals surface area (Å²) in [7, 11) is 0. The molecule has 0 saturated heterocycles. The second-order valence-electron chi connectivity index (χ2n) is 3.47. The standard InChI is InChI=1S/C13H11ClN2O.ClH/c14-11-3-5-12(6-4-11)16-15-9-10-1-7-13(17)8-2-10;/h1-9,16-17H;1H/b15-9+;. The molecule has 0 aromatic heterocycles. The average Bonchev–Trinajstić information content (AvgIpc) is 2.34. The Morgan fingerprint density at radius 2 is 1.61 bits per heavy atom. The highest BCUT2D eigenvalue weighted by molar-refractivity contribution is 6.30. The highest BCUT2D eigenvalue weighted by Gasteiger charge is 1.90. The molecule has 2 aromatic carbocycles. The number of benzene rings is 2. The van der Waals surface area contributed by atoms with E-state index in [1.54, 1.807) is 42.6 Å². The number of rotatable bonds is 3. The zero-order valence-electron chi connectivity index (χ0n) is 9.38. The lowest BCUT2D eigenvalue weighted by Crippen LogP contribution is -1.89. The van der Waals surface area contributed by atoms with Gasteiger partial charge in [0, 0.05) is 5.02 Å². The van der Waals surface area contributed by atoms with E-state index in [0.29, 0.717) is 5.02 Å². The predicted molar refractivity (Wildman–Crippen MR) is 78.0 cm³/mol. The summed E-state index contributed by atoms with van der Waals surface area (Å²) in [6.07, 6.45) is 1.67. The van der Waals surface area contributed by atoms with Crippen LogP contribution in [0, 0.1) is 0 Å². The molecule has 0 amide bonds. The summed E-state index contributed by atoms with van der Waals surface area (Å²) in [5, 5.41) is 13.9. The summed E-state index contributed by atoms with van der Waals surface area (Å²) in [4.78, 5) is 0. The van der Waals surface area contributed by atoms with Gasteiger partial charge in [0.05, 0.1) is 11.9 Å². The Balaban J connectivity index is 0.00000162. The SMILES string of the molecule is Cl.Oc1ccc(/C=N/Nc2ccc(Cl)cc2)cc1. The van der Waals surface area contributed by atoms with Crippen LogP contribution in [-0.4, -0.2) is 11.3 Å². The van der Waals surface area contributed by atoms with Crippen molar-refractivity contribution in [3.63, 3.8) is 0 Å². The first-order valence-electron chi connectivity index (χ1n) is 5.08. The molecule has 18 heavy (non-hydrogen) atoms. The molecule has 2 aromatic rings. The van der Waals surface area contributed by atoms with Crippen LogP contribution in [0.5, 0.6) is 5.75 Å². The van der Waals surface area contributed by atoms with E-state index in [0.717, 1.165) is 11.3 Å². The normalized spacial score (nSPS) is 10.1. The molecule has 94 valence electrons. The quantitative estimate of drug-likeness (QED) is 0.662. The van der Waals surface area contributed by atoms with Crippen molar-refractivity contribution in [3.8, 4) is 5.75 Å². The van der Waals surface area contributed by atoms with Crippen LogP contribution in [-0.2, 0) is 0 Å². The van der Waals surface area contributed by atoms with Crippen LogP contribution in [0.1, 0.15) is 5.56 Å². The zero-order chi connectivity index (χ0) is 12.1. The third kappa shape index (κ3) is 4.28. The number of hydrazone groups is 1. The van der Waals surface area contributed by atoms with Gasteiger partial charge in [-0.3, -0.25) is 5.43 Å². The Hall–Kier alpha value is -1.71. The molecule has 0 spiro atoms. The summed E-state index contributed by atoms with van der Waals surface area (Å²) in [5.74, 6) is 0.243. The van der Waals surface area contributed by atoms with E-state index in [-0.39, 0.29) is 18.2 Å². The van der Waals surface area contributed by atoms with Crippen molar-refractivity contribution in [3.05, 3.63) is 59.1 Å². The monoisotopic (exact) mass is 282 g/mol. The van der Waals surface area contributed by atoms with Crippen LogP contribution in [0.4, 0.5) is 5.69 Å². The van der Waals surface area contributed by atoms with E-state index in [9.17, 15) is 0 Å². The summed E-state index contributed by atoms with van der Waals surface area (Å²) < 4.78 is 0. The van der Waals surface area contributed by atoms with Gasteiger partial charge in [-0.2, -0.15) is 5.10 Å². The van der Waals surface area contributed by atoms with E-state index < -0.39 is 0 Å². The lowest BCUT2D eigenvalue weighted by Gasteiger charge is -1.99. The Morgan fingerprint density at radius 3 is 2.22 bits per heavy atom. The van der Waals surface area contributed by atoms with Crippen LogP contribution in [0.3, 0.4) is 0 Å². The first-order valence-corrected chi connectivity index (χ1v) is 5.45. The first-order chi connectivity index (χ1) is 8.24. The lowest BCUT2D eigenvalue weighted by atomic mass is 10.2. The van der Waals surface area contributed by atoms with Crippen LogP contribution in [0.2, 0.25) is 5.02 Å². The van der Waals surface area contributed by atoms with Crippen molar-refractivity contribution in [2.75, 3.05) is 5.43 Å². The number of aromatic hydroxyl groups is 1. The molecule has 0 heterocycles. The smallest absolute Gasteiger partial charge is 0.115 e. The molecule has 0 aliphatic rings. The van der Waals surface area contributed by atoms with Crippen molar-refractivity contribution >= 4 is 35.9 Å². The van der Waals surface area contributed by atoms with Gasteiger partial charge in [-0.1, -0.05) is 11.6 Å². The molecule has 0 bridgehead atoms. The number of phenols is 1. The lowest BCUT2D eigenvalue weighted by molar-refractivity contribution is 0.475. The number of nitrogens with one attached hydrogen (secondary N) is 1. The van der Waals surface area contributed by atoms with Crippen LogP contribution in [0.15, 0.2) is 53.6 Å². The molecule has 0 unspecified atom stereocenters. The van der Waals surface area contributed by atoms with Gasteiger partial charge in [0.2, 0.25) is 0 Å². The van der Waals surface area contributed by atoms with Crippen molar-refractivity contribution < 1.29 is 5.11 Å². The molecule has 0 radical (unpaired) electrons. The maximum Gasteiger partial charge on any atom is 0.115 e. The van der Waals surface area contributed by atoms with Crippen molar-refractivity contribution in [2.45, 2.75) is 0 Å². The number of anilines is 1. The van der Waals surface area contributed by atoms with Crippen molar-refractivity contribution in [1.82, 2.24) is 0 Å². The molecule has 0 fully saturated rings. The molecule has 2 N–H and O–H groups in total. The average molecular weight is 283 g/mol. The number of phenolic OH excluding ortho intramolecular Hbond substituents is 1. The van der Waals surface area contributed by atoms with Gasteiger partial charge in [-0.25, -0.2) is 0 Å². The Labute approximate surface area is 117 Å². The fourth-order valence-corrected chi connectivity index (χ4v) is 1.39. The Morgan fingerprint density at radius 1 is 1.00 bits per heavy atom. The fraction of sp³-hybridized carbons (Fsp3) is 0. The second-order valence-corrected chi connectivity index (χ2v) is 3.90. The van der Waals surface area contributed by atoms with E-state index in [1.165, 1.54) is 0 Å². The van der Waals surface area contributed by atoms with Gasteiger partial charge in [0.15, 0.2) is 0 Å². The fourth-order valence-electron chi connectivity index (χ4n) is 1.27. The van der Waals surface area contributed by atoms with Crippen LogP contribution >= 0.6 is 24.0 Å². The topological polar surface area (TPSA) is 44.6 Å². The summed E-state index contributed by atoms with van der Waals surface area (Å²) in [6.45, 7) is 0. The van der Waals surface area contributed by atoms with Crippen molar-refractivity contribution in [2.24, 2.45) is 5.10 Å². The number of halogens is 2. The minimum atomic E-state index is 0. The van der Waals surface area contributed by atoms with E-state index in [1.807, 2.05) is 12.1 Å². The third-order valence-corrected chi connectivity index (χ3v) is 2.40. The van der Waals surface area contributed by atoms with Gasteiger partial charge in [-0.15, -0.1) is 12.4 Å². The van der Waals surface area contributed by atoms with E-state index >= 15 is 0 Å². The molecular formula is C13H12Cl2N2O. The van der Waals surface area contributed by atoms with Crippen molar-refractivity contribution in [1.29, 1.82) is 0 Å². The molecule has 3 nitrogen and oxygen atoms in total. The molecule has 0 atom stereocenters. The highest BCUT2D eigenvalue weighted by atomic mass is 35.5. The van der Waals surface area contributed by atoms with Crippen LogP contribution in [0.25, 0.3) is 0 Å². The molecule has 0 aliphatic heterocycles.